The fourth-order valence-electron chi connectivity index (χ4n) is 3.36. The number of halogens is 1. The standard InChI is InChI=1S/C25H25ClN4OS/c1-3-4-5-18-6-10-20(11-7-18)30-28-23-14-17(2)22(15-24(23)29-30)27-25(31)16-32-21-12-8-19(26)9-13-21/h6-15H,3-5,16H2,1-2H3,(H,27,31). The number of hydrogen-bond donors (Lipinski definition) is 1. The van der Waals surface area contributed by atoms with E-state index in [0.29, 0.717) is 10.8 Å². The Morgan fingerprint density at radius 2 is 1.72 bits per heavy atom. The Balaban J connectivity index is 1.46. The number of benzene rings is 3. The molecule has 5 nitrogen and oxygen atoms in total. The second-order valence-corrected chi connectivity index (χ2v) is 9.19. The summed E-state index contributed by atoms with van der Waals surface area (Å²) >= 11 is 7.38. The third-order valence-corrected chi connectivity index (χ3v) is 6.43. The summed E-state index contributed by atoms with van der Waals surface area (Å²) in [7, 11) is 0. The van der Waals surface area contributed by atoms with Crippen molar-refractivity contribution in [1.82, 2.24) is 15.0 Å². The molecule has 1 amide bonds. The van der Waals surface area contributed by atoms with Crippen molar-refractivity contribution in [3.8, 4) is 5.69 Å². The maximum absolute atomic E-state index is 12.5. The van der Waals surface area contributed by atoms with Crippen molar-refractivity contribution >= 4 is 46.0 Å². The molecule has 4 aromatic rings. The van der Waals surface area contributed by atoms with Crippen LogP contribution in [0.1, 0.15) is 30.9 Å². The number of rotatable bonds is 8. The third-order valence-electron chi connectivity index (χ3n) is 5.17. The summed E-state index contributed by atoms with van der Waals surface area (Å²) in [4.78, 5) is 15.1. The van der Waals surface area contributed by atoms with Gasteiger partial charge in [0.05, 0.1) is 11.4 Å². The van der Waals surface area contributed by atoms with Crippen LogP contribution in [0.2, 0.25) is 5.02 Å². The number of thioether (sulfide) groups is 1. The molecule has 0 aliphatic rings. The number of carbonyl (C=O) groups excluding carboxylic acids is 1. The van der Waals surface area contributed by atoms with Crippen LogP contribution in [0.4, 0.5) is 5.69 Å². The first kappa shape index (κ1) is 22.4. The molecule has 0 saturated carbocycles. The second kappa shape index (κ2) is 10.2. The van der Waals surface area contributed by atoms with Gasteiger partial charge >= 0.3 is 0 Å². The monoisotopic (exact) mass is 464 g/mol. The number of fused-ring (bicyclic) bond motifs is 1. The Bertz CT molecular complexity index is 1220. The lowest BCUT2D eigenvalue weighted by atomic mass is 10.1. The summed E-state index contributed by atoms with van der Waals surface area (Å²) in [5, 5.41) is 12.9. The van der Waals surface area contributed by atoms with Crippen LogP contribution in [0, 0.1) is 6.92 Å². The van der Waals surface area contributed by atoms with E-state index in [2.05, 4.69) is 34.6 Å². The van der Waals surface area contributed by atoms with Crippen LogP contribution >= 0.6 is 23.4 Å². The minimum Gasteiger partial charge on any atom is -0.325 e. The molecule has 164 valence electrons. The summed E-state index contributed by atoms with van der Waals surface area (Å²) < 4.78 is 0. The number of nitrogens with zero attached hydrogens (tertiary/aromatic N) is 3. The Hall–Kier alpha value is -2.83. The maximum atomic E-state index is 12.5. The fourth-order valence-corrected chi connectivity index (χ4v) is 4.19. The number of amides is 1. The van der Waals surface area contributed by atoms with Crippen LogP contribution in [0.5, 0.6) is 0 Å². The first-order valence-electron chi connectivity index (χ1n) is 10.7. The minimum absolute atomic E-state index is 0.0672. The number of aryl methyl sites for hydroxylation is 2. The van der Waals surface area contributed by atoms with Gasteiger partial charge in [0.2, 0.25) is 5.91 Å². The molecule has 32 heavy (non-hydrogen) atoms. The molecule has 0 aliphatic carbocycles. The van der Waals surface area contributed by atoms with Crippen molar-refractivity contribution in [3.63, 3.8) is 0 Å². The van der Waals surface area contributed by atoms with Crippen molar-refractivity contribution in [3.05, 3.63) is 76.8 Å². The van der Waals surface area contributed by atoms with E-state index < -0.39 is 0 Å². The summed E-state index contributed by atoms with van der Waals surface area (Å²) in [6, 6.07) is 19.7. The van der Waals surface area contributed by atoms with E-state index in [1.165, 1.54) is 30.2 Å². The Kier molecular flexibility index (Phi) is 7.12. The van der Waals surface area contributed by atoms with E-state index in [1.54, 1.807) is 4.80 Å². The number of hydrogen-bond acceptors (Lipinski definition) is 4. The molecule has 1 heterocycles. The average Bonchev–Trinajstić information content (AvgIpc) is 3.20. The van der Waals surface area contributed by atoms with Gasteiger partial charge in [-0.05, 0) is 79.4 Å². The molecule has 0 saturated heterocycles. The van der Waals surface area contributed by atoms with Crippen LogP contribution in [-0.2, 0) is 11.2 Å². The van der Waals surface area contributed by atoms with Crippen molar-refractivity contribution in [2.45, 2.75) is 38.0 Å². The summed E-state index contributed by atoms with van der Waals surface area (Å²) in [6.45, 7) is 4.16. The molecule has 0 bridgehead atoms. The summed E-state index contributed by atoms with van der Waals surface area (Å²) in [6.07, 6.45) is 3.46. The van der Waals surface area contributed by atoms with E-state index in [4.69, 9.17) is 11.6 Å². The van der Waals surface area contributed by atoms with Gasteiger partial charge in [-0.2, -0.15) is 4.80 Å². The quantitative estimate of drug-likeness (QED) is 0.304. The molecule has 4 rings (SSSR count). The number of nitrogens with one attached hydrogen (secondary N) is 1. The second-order valence-electron chi connectivity index (χ2n) is 7.71. The highest BCUT2D eigenvalue weighted by Crippen LogP contribution is 2.24. The van der Waals surface area contributed by atoms with Gasteiger partial charge in [-0.15, -0.1) is 22.0 Å². The van der Waals surface area contributed by atoms with Crippen molar-refractivity contribution < 1.29 is 4.79 Å². The third kappa shape index (κ3) is 5.50. The van der Waals surface area contributed by atoms with Crippen molar-refractivity contribution in [2.24, 2.45) is 0 Å². The topological polar surface area (TPSA) is 59.8 Å². The van der Waals surface area contributed by atoms with Crippen LogP contribution in [0.15, 0.2) is 65.6 Å². The highest BCUT2D eigenvalue weighted by Gasteiger charge is 2.11. The highest BCUT2D eigenvalue weighted by molar-refractivity contribution is 8.00. The molecule has 0 fully saturated rings. The molecular weight excluding hydrogens is 440 g/mol. The maximum Gasteiger partial charge on any atom is 0.234 e. The van der Waals surface area contributed by atoms with E-state index >= 15 is 0 Å². The molecule has 1 aromatic heterocycles. The van der Waals surface area contributed by atoms with E-state index in [1.807, 2.05) is 55.5 Å². The Morgan fingerprint density at radius 3 is 2.41 bits per heavy atom. The van der Waals surface area contributed by atoms with Gasteiger partial charge in [0.1, 0.15) is 11.0 Å². The Labute approximate surface area is 197 Å². The fraction of sp³-hybridized carbons (Fsp3) is 0.240. The lowest BCUT2D eigenvalue weighted by molar-refractivity contribution is -0.113. The molecule has 0 aliphatic heterocycles. The Morgan fingerprint density at radius 1 is 1.03 bits per heavy atom. The molecule has 0 spiro atoms. The number of aromatic nitrogens is 3. The molecule has 0 unspecified atom stereocenters. The first-order valence-corrected chi connectivity index (χ1v) is 12.0. The van der Waals surface area contributed by atoms with Gasteiger partial charge in [-0.25, -0.2) is 0 Å². The molecular formula is C25H25ClN4OS. The van der Waals surface area contributed by atoms with Gasteiger partial charge in [0, 0.05) is 15.6 Å². The largest absolute Gasteiger partial charge is 0.325 e. The minimum atomic E-state index is -0.0672. The SMILES string of the molecule is CCCCc1ccc(-n2nc3cc(C)c(NC(=O)CSc4ccc(Cl)cc4)cc3n2)cc1. The molecule has 3 aromatic carbocycles. The van der Waals surface area contributed by atoms with E-state index in [0.717, 1.165) is 39.3 Å². The predicted molar refractivity (Wildman–Crippen MR) is 133 cm³/mol. The van der Waals surface area contributed by atoms with Crippen LogP contribution < -0.4 is 5.32 Å². The summed E-state index contributed by atoms with van der Waals surface area (Å²) in [5.41, 5.74) is 5.48. The molecule has 7 heteroatoms. The highest BCUT2D eigenvalue weighted by atomic mass is 35.5. The van der Waals surface area contributed by atoms with Gasteiger partial charge in [0.25, 0.3) is 0 Å². The van der Waals surface area contributed by atoms with Crippen LogP contribution in [0.25, 0.3) is 16.7 Å². The molecule has 1 N–H and O–H groups in total. The normalized spacial score (nSPS) is 11.1. The lowest BCUT2D eigenvalue weighted by Crippen LogP contribution is -2.14. The number of anilines is 1. The van der Waals surface area contributed by atoms with Gasteiger partial charge in [0.15, 0.2) is 0 Å². The van der Waals surface area contributed by atoms with Gasteiger partial charge in [-0.1, -0.05) is 37.1 Å². The number of unbranched alkanes of at least 4 members (excludes halogenated alkanes) is 1. The van der Waals surface area contributed by atoms with Crippen molar-refractivity contribution in [1.29, 1.82) is 0 Å². The lowest BCUT2D eigenvalue weighted by Gasteiger charge is -2.08. The van der Waals surface area contributed by atoms with Crippen LogP contribution in [0.3, 0.4) is 0 Å². The van der Waals surface area contributed by atoms with Crippen LogP contribution in [-0.4, -0.2) is 26.7 Å². The van der Waals surface area contributed by atoms with Crippen molar-refractivity contribution in [2.75, 3.05) is 11.1 Å². The molecule has 0 atom stereocenters. The first-order chi connectivity index (χ1) is 15.5. The smallest absolute Gasteiger partial charge is 0.234 e. The predicted octanol–water partition coefficient (Wildman–Crippen LogP) is 6.46. The average molecular weight is 465 g/mol. The van der Waals surface area contributed by atoms with Gasteiger partial charge < -0.3 is 5.32 Å². The van der Waals surface area contributed by atoms with Gasteiger partial charge in [-0.3, -0.25) is 4.79 Å². The zero-order valence-corrected chi connectivity index (χ0v) is 19.7. The molecule has 0 radical (unpaired) electrons. The number of carbonyl (C=O) groups is 1. The van der Waals surface area contributed by atoms with E-state index in [9.17, 15) is 4.79 Å². The zero-order valence-electron chi connectivity index (χ0n) is 18.1. The zero-order chi connectivity index (χ0) is 22.5. The summed E-state index contributed by atoms with van der Waals surface area (Å²) in [5.74, 6) is 0.248. The van der Waals surface area contributed by atoms with E-state index in [-0.39, 0.29) is 5.91 Å².